The average molecular weight is 397 g/mol. The number of fused-ring (bicyclic) bond motifs is 2. The van der Waals surface area contributed by atoms with Gasteiger partial charge in [0.1, 0.15) is 10.6 Å². The highest BCUT2D eigenvalue weighted by atomic mass is 32.1. The summed E-state index contributed by atoms with van der Waals surface area (Å²) in [6, 6.07) is 7.93. The summed E-state index contributed by atoms with van der Waals surface area (Å²) in [5.74, 6) is -1.12. The lowest BCUT2D eigenvalue weighted by Gasteiger charge is -2.07. The van der Waals surface area contributed by atoms with Crippen LogP contribution < -0.4 is 10.7 Å². The fourth-order valence-corrected chi connectivity index (χ4v) is 4.80. The molecule has 0 bridgehead atoms. The second-order valence-electron chi connectivity index (χ2n) is 6.69. The highest BCUT2D eigenvalue weighted by Crippen LogP contribution is 2.38. The summed E-state index contributed by atoms with van der Waals surface area (Å²) in [4.78, 5) is 38.5. The number of methoxy groups -OCH3 is 1. The summed E-state index contributed by atoms with van der Waals surface area (Å²) < 4.78 is 10.6. The van der Waals surface area contributed by atoms with Crippen LogP contribution in [0.5, 0.6) is 0 Å². The van der Waals surface area contributed by atoms with Crippen LogP contribution in [0, 0.1) is 0 Å². The second-order valence-corrected chi connectivity index (χ2v) is 7.79. The van der Waals surface area contributed by atoms with Crippen molar-refractivity contribution in [2.24, 2.45) is 0 Å². The van der Waals surface area contributed by atoms with Gasteiger partial charge in [-0.3, -0.25) is 9.59 Å². The van der Waals surface area contributed by atoms with E-state index < -0.39 is 11.9 Å². The summed E-state index contributed by atoms with van der Waals surface area (Å²) in [6.07, 6.45) is 4.84. The van der Waals surface area contributed by atoms with Crippen molar-refractivity contribution in [1.29, 1.82) is 0 Å². The lowest BCUT2D eigenvalue weighted by molar-refractivity contribution is 0.0601. The number of para-hydroxylation sites is 1. The Kier molecular flexibility index (Phi) is 5.00. The van der Waals surface area contributed by atoms with Gasteiger partial charge in [-0.25, -0.2) is 4.79 Å². The Morgan fingerprint density at radius 2 is 1.93 bits per heavy atom. The number of aryl methyl sites for hydroxylation is 1. The van der Waals surface area contributed by atoms with Crippen LogP contribution in [0.2, 0.25) is 0 Å². The highest BCUT2D eigenvalue weighted by Gasteiger charge is 2.27. The van der Waals surface area contributed by atoms with Gasteiger partial charge >= 0.3 is 5.97 Å². The molecule has 1 aliphatic carbocycles. The van der Waals surface area contributed by atoms with Gasteiger partial charge < -0.3 is 14.5 Å². The van der Waals surface area contributed by atoms with Crippen LogP contribution >= 0.6 is 11.3 Å². The Bertz CT molecular complexity index is 1130. The molecule has 2 aromatic heterocycles. The number of nitrogens with one attached hydrogen (secondary N) is 1. The first-order valence-corrected chi connectivity index (χ1v) is 9.97. The molecule has 0 aliphatic heterocycles. The first-order chi connectivity index (χ1) is 13.6. The van der Waals surface area contributed by atoms with Crippen molar-refractivity contribution in [2.75, 3.05) is 12.4 Å². The van der Waals surface area contributed by atoms with E-state index in [0.717, 1.165) is 42.5 Å². The molecular formula is C21H19NO5S. The molecule has 144 valence electrons. The largest absolute Gasteiger partial charge is 0.465 e. The number of rotatable bonds is 3. The van der Waals surface area contributed by atoms with Crippen LogP contribution in [-0.2, 0) is 17.6 Å². The SMILES string of the molecule is COC(=O)c1c(NC(=O)c2cc(=O)c3ccccc3o2)sc2c1CCCCC2. The zero-order valence-electron chi connectivity index (χ0n) is 15.4. The average Bonchev–Trinajstić information content (AvgIpc) is 2.87. The molecule has 0 saturated heterocycles. The number of hydrogen-bond acceptors (Lipinski definition) is 6. The van der Waals surface area contributed by atoms with Gasteiger partial charge in [0.05, 0.1) is 18.1 Å². The van der Waals surface area contributed by atoms with Gasteiger partial charge in [0.2, 0.25) is 0 Å². The molecule has 1 amide bonds. The van der Waals surface area contributed by atoms with E-state index >= 15 is 0 Å². The molecular weight excluding hydrogens is 378 g/mol. The number of thiophene rings is 1. The number of esters is 1. The highest BCUT2D eigenvalue weighted by molar-refractivity contribution is 7.17. The number of hydrogen-bond donors (Lipinski definition) is 1. The fourth-order valence-electron chi connectivity index (χ4n) is 3.53. The lowest BCUT2D eigenvalue weighted by Crippen LogP contribution is -2.16. The number of amides is 1. The molecule has 4 rings (SSSR count). The summed E-state index contributed by atoms with van der Waals surface area (Å²) in [7, 11) is 1.33. The van der Waals surface area contributed by atoms with E-state index in [1.165, 1.54) is 24.5 Å². The van der Waals surface area contributed by atoms with Gasteiger partial charge in [-0.2, -0.15) is 0 Å². The third-order valence-corrected chi connectivity index (χ3v) is 6.10. The molecule has 3 aromatic rings. The molecule has 1 aliphatic rings. The molecule has 0 spiro atoms. The zero-order chi connectivity index (χ0) is 19.7. The van der Waals surface area contributed by atoms with Gasteiger partial charge in [0.15, 0.2) is 11.2 Å². The first-order valence-electron chi connectivity index (χ1n) is 9.15. The van der Waals surface area contributed by atoms with E-state index in [1.54, 1.807) is 24.3 Å². The molecule has 0 fully saturated rings. The predicted molar refractivity (Wildman–Crippen MR) is 107 cm³/mol. The lowest BCUT2D eigenvalue weighted by atomic mass is 10.1. The molecule has 0 unspecified atom stereocenters. The molecule has 0 radical (unpaired) electrons. The van der Waals surface area contributed by atoms with Gasteiger partial charge in [-0.1, -0.05) is 18.6 Å². The van der Waals surface area contributed by atoms with Crippen LogP contribution in [0.15, 0.2) is 39.5 Å². The molecule has 0 atom stereocenters. The minimum Gasteiger partial charge on any atom is -0.465 e. The molecule has 1 N–H and O–H groups in total. The molecule has 0 saturated carbocycles. The number of benzene rings is 1. The van der Waals surface area contributed by atoms with Gasteiger partial charge in [-0.15, -0.1) is 11.3 Å². The van der Waals surface area contributed by atoms with Crippen LogP contribution in [0.4, 0.5) is 5.00 Å². The van der Waals surface area contributed by atoms with Crippen LogP contribution in [-0.4, -0.2) is 19.0 Å². The van der Waals surface area contributed by atoms with Gasteiger partial charge in [0.25, 0.3) is 5.91 Å². The molecule has 2 heterocycles. The fraction of sp³-hybridized carbons (Fsp3) is 0.286. The van der Waals surface area contributed by atoms with E-state index in [2.05, 4.69) is 5.32 Å². The maximum atomic E-state index is 12.8. The van der Waals surface area contributed by atoms with E-state index in [9.17, 15) is 14.4 Å². The Balaban J connectivity index is 1.72. The van der Waals surface area contributed by atoms with Crippen molar-refractivity contribution in [1.82, 2.24) is 0 Å². The van der Waals surface area contributed by atoms with Crippen molar-refractivity contribution in [3.05, 3.63) is 62.3 Å². The molecule has 1 aromatic carbocycles. The molecule has 6 nitrogen and oxygen atoms in total. The molecule has 28 heavy (non-hydrogen) atoms. The third-order valence-electron chi connectivity index (χ3n) is 4.90. The van der Waals surface area contributed by atoms with Crippen molar-refractivity contribution in [3.63, 3.8) is 0 Å². The second kappa shape index (κ2) is 7.59. The standard InChI is InChI=1S/C21H19NO5S/c1-26-21(25)18-13-8-3-2-4-10-17(13)28-20(18)22-19(24)16-11-14(23)12-7-5-6-9-15(12)27-16/h5-7,9,11H,2-4,8,10H2,1H3,(H,22,24). The summed E-state index contributed by atoms with van der Waals surface area (Å²) in [5.41, 5.74) is 1.43. The summed E-state index contributed by atoms with van der Waals surface area (Å²) in [5, 5.41) is 3.62. The van der Waals surface area contributed by atoms with Crippen LogP contribution in [0.3, 0.4) is 0 Å². The first kappa shape index (κ1) is 18.4. The topological polar surface area (TPSA) is 85.6 Å². The number of ether oxygens (including phenoxy) is 1. The molecule has 7 heteroatoms. The van der Waals surface area contributed by atoms with Crippen molar-refractivity contribution >= 4 is 39.2 Å². The van der Waals surface area contributed by atoms with E-state index in [-0.39, 0.29) is 11.2 Å². The van der Waals surface area contributed by atoms with Crippen molar-refractivity contribution in [2.45, 2.75) is 32.1 Å². The van der Waals surface area contributed by atoms with E-state index in [4.69, 9.17) is 9.15 Å². The minimum atomic E-state index is -0.565. The maximum absolute atomic E-state index is 12.8. The Hall–Kier alpha value is -2.93. The monoisotopic (exact) mass is 397 g/mol. The number of carbonyl (C=O) groups is 2. The van der Waals surface area contributed by atoms with Crippen LogP contribution in [0.1, 0.15) is 50.6 Å². The number of anilines is 1. The summed E-state index contributed by atoms with van der Waals surface area (Å²) >= 11 is 1.40. The minimum absolute atomic E-state index is 0.0943. The maximum Gasteiger partial charge on any atom is 0.341 e. The van der Waals surface area contributed by atoms with Crippen LogP contribution in [0.25, 0.3) is 11.0 Å². The Morgan fingerprint density at radius 1 is 1.14 bits per heavy atom. The van der Waals surface area contributed by atoms with E-state index in [1.807, 2.05) is 0 Å². The smallest absolute Gasteiger partial charge is 0.341 e. The van der Waals surface area contributed by atoms with Crippen molar-refractivity contribution < 1.29 is 18.7 Å². The normalized spacial score (nSPS) is 13.6. The zero-order valence-corrected chi connectivity index (χ0v) is 16.2. The third kappa shape index (κ3) is 3.33. The number of carbonyl (C=O) groups excluding carboxylic acids is 2. The predicted octanol–water partition coefficient (Wildman–Crippen LogP) is 4.16. The summed E-state index contributed by atoms with van der Waals surface area (Å²) in [6.45, 7) is 0. The van der Waals surface area contributed by atoms with Crippen molar-refractivity contribution in [3.8, 4) is 0 Å². The Morgan fingerprint density at radius 3 is 2.75 bits per heavy atom. The van der Waals surface area contributed by atoms with Gasteiger partial charge in [-0.05, 0) is 43.4 Å². The van der Waals surface area contributed by atoms with E-state index in [0.29, 0.717) is 21.5 Å². The Labute approximate surface area is 165 Å². The van der Waals surface area contributed by atoms with Gasteiger partial charge in [0, 0.05) is 10.9 Å². The quantitative estimate of drug-likeness (QED) is 0.530.